The van der Waals surface area contributed by atoms with Gasteiger partial charge in [-0.05, 0) is 37.5 Å². The molecule has 0 saturated carbocycles. The van der Waals surface area contributed by atoms with Crippen LogP contribution < -0.4 is 14.8 Å². The number of carbonyl (C=O) groups is 1. The van der Waals surface area contributed by atoms with Crippen LogP contribution >= 0.6 is 0 Å². The quantitative estimate of drug-likeness (QED) is 0.900. The van der Waals surface area contributed by atoms with Crippen molar-refractivity contribution in [2.45, 2.75) is 19.3 Å². The van der Waals surface area contributed by atoms with E-state index in [1.165, 1.54) is 6.42 Å². The Balaban J connectivity index is 1.81. The Morgan fingerprint density at radius 3 is 2.64 bits per heavy atom. The van der Waals surface area contributed by atoms with Crippen LogP contribution in [-0.4, -0.2) is 48.1 Å². The number of hydrogen-bond acceptors (Lipinski definition) is 6. The second-order valence-electron chi connectivity index (χ2n) is 5.81. The molecule has 0 unspecified atom stereocenters. The number of ether oxygens (including phenoxy) is 2. The summed E-state index contributed by atoms with van der Waals surface area (Å²) in [5, 5.41) is 3.10. The van der Waals surface area contributed by atoms with E-state index in [0.717, 1.165) is 25.9 Å². The number of aromatic nitrogens is 2. The van der Waals surface area contributed by atoms with Crippen LogP contribution in [0.5, 0.6) is 11.5 Å². The van der Waals surface area contributed by atoms with E-state index < -0.39 is 0 Å². The summed E-state index contributed by atoms with van der Waals surface area (Å²) < 4.78 is 10.6. The molecule has 1 amide bonds. The standard InChI is InChI=1S/C18H22N4O3/c1-24-13-6-7-16(25-2)15(12-13)21-18-19-9-8-14(20-18)17(23)22-10-4-3-5-11-22/h6-9,12H,3-5,10-11H2,1-2H3,(H,19,20,21). The molecule has 7 heteroatoms. The van der Waals surface area contributed by atoms with Crippen LogP contribution in [0.3, 0.4) is 0 Å². The molecule has 25 heavy (non-hydrogen) atoms. The zero-order chi connectivity index (χ0) is 17.6. The van der Waals surface area contributed by atoms with Crippen molar-refractivity contribution in [2.24, 2.45) is 0 Å². The summed E-state index contributed by atoms with van der Waals surface area (Å²) in [5.74, 6) is 1.61. The first-order valence-electron chi connectivity index (χ1n) is 8.32. The number of nitrogens with one attached hydrogen (secondary N) is 1. The highest BCUT2D eigenvalue weighted by Gasteiger charge is 2.20. The molecular formula is C18H22N4O3. The average Bonchev–Trinajstić information content (AvgIpc) is 2.68. The Bertz CT molecular complexity index is 745. The number of carbonyl (C=O) groups excluding carboxylic acids is 1. The maximum absolute atomic E-state index is 12.6. The maximum Gasteiger partial charge on any atom is 0.272 e. The number of piperidine rings is 1. The Hall–Kier alpha value is -2.83. The molecule has 0 bridgehead atoms. The van der Waals surface area contributed by atoms with Crippen molar-refractivity contribution in [3.05, 3.63) is 36.2 Å². The number of rotatable bonds is 5. The number of anilines is 2. The Kier molecular flexibility index (Phi) is 5.33. The fraction of sp³-hybridized carbons (Fsp3) is 0.389. The molecule has 0 aliphatic carbocycles. The molecule has 0 spiro atoms. The Labute approximate surface area is 147 Å². The number of likely N-dealkylation sites (tertiary alicyclic amines) is 1. The molecule has 1 aromatic carbocycles. The molecule has 0 radical (unpaired) electrons. The number of nitrogens with zero attached hydrogens (tertiary/aromatic N) is 3. The number of benzene rings is 1. The van der Waals surface area contributed by atoms with Crippen molar-refractivity contribution in [3.63, 3.8) is 0 Å². The maximum atomic E-state index is 12.6. The van der Waals surface area contributed by atoms with Gasteiger partial charge in [0.15, 0.2) is 0 Å². The summed E-state index contributed by atoms with van der Waals surface area (Å²) in [6.45, 7) is 1.57. The smallest absolute Gasteiger partial charge is 0.272 e. The molecule has 0 atom stereocenters. The molecule has 3 rings (SSSR count). The number of amides is 1. The van der Waals surface area contributed by atoms with Crippen LogP contribution in [0.4, 0.5) is 11.6 Å². The highest BCUT2D eigenvalue weighted by atomic mass is 16.5. The van der Waals surface area contributed by atoms with E-state index in [1.54, 1.807) is 44.7 Å². The normalized spacial score (nSPS) is 14.1. The summed E-state index contributed by atoms with van der Waals surface area (Å²) in [6.07, 6.45) is 4.85. The minimum Gasteiger partial charge on any atom is -0.497 e. The molecule has 1 N–H and O–H groups in total. The van der Waals surface area contributed by atoms with Crippen LogP contribution in [0.25, 0.3) is 0 Å². The van der Waals surface area contributed by atoms with Gasteiger partial charge in [0.25, 0.3) is 5.91 Å². The first-order valence-corrected chi connectivity index (χ1v) is 8.32. The van der Waals surface area contributed by atoms with Gasteiger partial charge < -0.3 is 19.7 Å². The van der Waals surface area contributed by atoms with Crippen molar-refractivity contribution in [1.29, 1.82) is 0 Å². The highest BCUT2D eigenvalue weighted by Crippen LogP contribution is 2.30. The third-order valence-corrected chi connectivity index (χ3v) is 4.17. The zero-order valence-electron chi connectivity index (χ0n) is 14.5. The van der Waals surface area contributed by atoms with Crippen molar-refractivity contribution in [2.75, 3.05) is 32.6 Å². The van der Waals surface area contributed by atoms with Gasteiger partial charge in [0.2, 0.25) is 5.95 Å². The van der Waals surface area contributed by atoms with Crippen LogP contribution in [0.1, 0.15) is 29.8 Å². The van der Waals surface area contributed by atoms with Crippen LogP contribution in [0.15, 0.2) is 30.5 Å². The van der Waals surface area contributed by atoms with Gasteiger partial charge >= 0.3 is 0 Å². The predicted octanol–water partition coefficient (Wildman–Crippen LogP) is 2.86. The van der Waals surface area contributed by atoms with Crippen molar-refractivity contribution in [3.8, 4) is 11.5 Å². The lowest BCUT2D eigenvalue weighted by atomic mass is 10.1. The Morgan fingerprint density at radius 2 is 1.92 bits per heavy atom. The predicted molar refractivity (Wildman–Crippen MR) is 94.6 cm³/mol. The summed E-state index contributed by atoms with van der Waals surface area (Å²) >= 11 is 0. The van der Waals surface area contributed by atoms with Gasteiger partial charge in [-0.15, -0.1) is 0 Å². The van der Waals surface area contributed by atoms with Gasteiger partial charge in [-0.25, -0.2) is 9.97 Å². The first kappa shape index (κ1) is 17.0. The van der Waals surface area contributed by atoms with E-state index in [0.29, 0.717) is 28.8 Å². The fourth-order valence-corrected chi connectivity index (χ4v) is 2.83. The van der Waals surface area contributed by atoms with Gasteiger partial charge in [-0.1, -0.05) is 0 Å². The summed E-state index contributed by atoms with van der Waals surface area (Å²) in [5.41, 5.74) is 1.06. The molecule has 7 nitrogen and oxygen atoms in total. The molecule has 2 aromatic rings. The first-order chi connectivity index (χ1) is 12.2. The van der Waals surface area contributed by atoms with E-state index in [4.69, 9.17) is 9.47 Å². The van der Waals surface area contributed by atoms with Gasteiger partial charge in [0.05, 0.1) is 19.9 Å². The van der Waals surface area contributed by atoms with Crippen LogP contribution in [0, 0.1) is 0 Å². The average molecular weight is 342 g/mol. The van der Waals surface area contributed by atoms with E-state index in [1.807, 2.05) is 4.90 Å². The minimum atomic E-state index is -0.0530. The van der Waals surface area contributed by atoms with Gasteiger partial charge in [0, 0.05) is 25.4 Å². The van der Waals surface area contributed by atoms with Crippen molar-refractivity contribution < 1.29 is 14.3 Å². The molecule has 1 aromatic heterocycles. The van der Waals surface area contributed by atoms with E-state index in [-0.39, 0.29) is 5.91 Å². The molecule has 132 valence electrons. The zero-order valence-corrected chi connectivity index (χ0v) is 14.5. The lowest BCUT2D eigenvalue weighted by Gasteiger charge is -2.26. The summed E-state index contributed by atoms with van der Waals surface area (Å²) in [4.78, 5) is 23.0. The van der Waals surface area contributed by atoms with Gasteiger partial charge in [-0.3, -0.25) is 4.79 Å². The monoisotopic (exact) mass is 342 g/mol. The van der Waals surface area contributed by atoms with Crippen LogP contribution in [0.2, 0.25) is 0 Å². The fourth-order valence-electron chi connectivity index (χ4n) is 2.83. The van der Waals surface area contributed by atoms with Gasteiger partial charge in [-0.2, -0.15) is 0 Å². The molecule has 1 saturated heterocycles. The van der Waals surface area contributed by atoms with E-state index >= 15 is 0 Å². The second-order valence-corrected chi connectivity index (χ2v) is 5.81. The van der Waals surface area contributed by atoms with Crippen molar-refractivity contribution in [1.82, 2.24) is 14.9 Å². The largest absolute Gasteiger partial charge is 0.497 e. The molecule has 1 fully saturated rings. The molecule has 1 aliphatic heterocycles. The lowest BCUT2D eigenvalue weighted by Crippen LogP contribution is -2.36. The third-order valence-electron chi connectivity index (χ3n) is 4.17. The third kappa shape index (κ3) is 3.99. The number of hydrogen-bond donors (Lipinski definition) is 1. The molecule has 1 aliphatic rings. The molecule has 2 heterocycles. The summed E-state index contributed by atoms with van der Waals surface area (Å²) in [6, 6.07) is 7.04. The summed E-state index contributed by atoms with van der Waals surface area (Å²) in [7, 11) is 3.18. The number of methoxy groups -OCH3 is 2. The second kappa shape index (κ2) is 7.83. The van der Waals surface area contributed by atoms with Gasteiger partial charge in [0.1, 0.15) is 17.2 Å². The van der Waals surface area contributed by atoms with Crippen molar-refractivity contribution >= 4 is 17.5 Å². The minimum absolute atomic E-state index is 0.0530. The van der Waals surface area contributed by atoms with Crippen LogP contribution in [-0.2, 0) is 0 Å². The van der Waals surface area contributed by atoms with E-state index in [2.05, 4.69) is 15.3 Å². The Morgan fingerprint density at radius 1 is 1.12 bits per heavy atom. The van der Waals surface area contributed by atoms with E-state index in [9.17, 15) is 4.79 Å². The molecular weight excluding hydrogens is 320 g/mol. The highest BCUT2D eigenvalue weighted by molar-refractivity contribution is 5.92. The lowest BCUT2D eigenvalue weighted by molar-refractivity contribution is 0.0718. The SMILES string of the molecule is COc1ccc(OC)c(Nc2nccc(C(=O)N3CCCCC3)n2)c1. The topological polar surface area (TPSA) is 76.6 Å².